The molecule has 0 saturated heterocycles. The molecule has 0 radical (unpaired) electrons. The first-order valence-electron chi connectivity index (χ1n) is 6.59. The second-order valence-corrected chi connectivity index (χ2v) is 6.86. The van der Waals surface area contributed by atoms with E-state index in [2.05, 4.69) is 14.8 Å². The summed E-state index contributed by atoms with van der Waals surface area (Å²) in [5.41, 5.74) is 1.42. The summed E-state index contributed by atoms with van der Waals surface area (Å²) in [7, 11) is -2.27. The molecular weight excluding hydrogens is 340 g/mol. The van der Waals surface area contributed by atoms with E-state index in [1.165, 1.54) is 11.1 Å². The summed E-state index contributed by atoms with van der Waals surface area (Å²) in [5.74, 6) is 0.543. The van der Waals surface area contributed by atoms with Gasteiger partial charge in [0.15, 0.2) is 12.2 Å². The summed E-state index contributed by atoms with van der Waals surface area (Å²) in [4.78, 5) is 3.81. The van der Waals surface area contributed by atoms with Gasteiger partial charge in [-0.05, 0) is 19.1 Å². The molecule has 1 N–H and O–H groups in total. The monoisotopic (exact) mass is 352 g/mol. The van der Waals surface area contributed by atoms with Gasteiger partial charge in [0.05, 0.1) is 11.9 Å². The number of aryl methyl sites for hydroxylation is 2. The van der Waals surface area contributed by atoms with Crippen LogP contribution in [-0.4, -0.2) is 23.2 Å². The first-order chi connectivity index (χ1) is 10.9. The lowest BCUT2D eigenvalue weighted by Crippen LogP contribution is -2.14. The zero-order chi connectivity index (χ0) is 16.6. The summed E-state index contributed by atoms with van der Waals surface area (Å²) < 4.78 is 34.2. The Kier molecular flexibility index (Phi) is 3.87. The average molecular weight is 353 g/mol. The van der Waals surface area contributed by atoms with Gasteiger partial charge in [-0.2, -0.15) is 5.10 Å². The Bertz CT molecular complexity index is 949. The van der Waals surface area contributed by atoms with Crippen LogP contribution in [0.5, 0.6) is 0 Å². The van der Waals surface area contributed by atoms with E-state index in [0.717, 1.165) is 0 Å². The number of sulfonamides is 1. The van der Waals surface area contributed by atoms with E-state index >= 15 is 0 Å². The van der Waals surface area contributed by atoms with Gasteiger partial charge in [-0.15, -0.1) is 0 Å². The molecule has 0 aliphatic rings. The van der Waals surface area contributed by atoms with Crippen molar-refractivity contribution < 1.29 is 12.8 Å². The van der Waals surface area contributed by atoms with Crippen LogP contribution in [-0.2, 0) is 17.1 Å². The highest BCUT2D eigenvalue weighted by molar-refractivity contribution is 7.92. The van der Waals surface area contributed by atoms with Gasteiger partial charge in [-0.25, -0.2) is 13.4 Å². The SMILES string of the molecule is Cc1nn(C)c(Cl)c1S(=O)(=O)Nc1cccc(-c2cnco2)c1. The highest BCUT2D eigenvalue weighted by Crippen LogP contribution is 2.28. The summed E-state index contributed by atoms with van der Waals surface area (Å²) in [6.07, 6.45) is 2.86. The molecule has 0 spiro atoms. The van der Waals surface area contributed by atoms with Gasteiger partial charge in [0.1, 0.15) is 10.0 Å². The van der Waals surface area contributed by atoms with Crippen molar-refractivity contribution in [2.24, 2.45) is 7.05 Å². The van der Waals surface area contributed by atoms with Crippen molar-refractivity contribution in [3.63, 3.8) is 0 Å². The highest BCUT2D eigenvalue weighted by atomic mass is 35.5. The minimum atomic E-state index is -3.85. The molecule has 2 heterocycles. The molecule has 0 aliphatic carbocycles. The Hall–Kier alpha value is -2.32. The molecule has 0 bridgehead atoms. The minimum Gasteiger partial charge on any atom is -0.444 e. The van der Waals surface area contributed by atoms with Gasteiger partial charge < -0.3 is 4.42 Å². The Morgan fingerprint density at radius 1 is 1.35 bits per heavy atom. The average Bonchev–Trinajstić information content (AvgIpc) is 3.08. The molecule has 2 aromatic heterocycles. The predicted molar refractivity (Wildman–Crippen MR) is 85.7 cm³/mol. The van der Waals surface area contributed by atoms with Crippen molar-refractivity contribution in [1.82, 2.24) is 14.8 Å². The van der Waals surface area contributed by atoms with Gasteiger partial charge in [0.25, 0.3) is 10.0 Å². The van der Waals surface area contributed by atoms with E-state index in [9.17, 15) is 8.42 Å². The minimum absolute atomic E-state index is 0.0354. The molecule has 0 atom stereocenters. The van der Waals surface area contributed by atoms with Gasteiger partial charge in [-0.3, -0.25) is 9.40 Å². The first kappa shape index (κ1) is 15.6. The zero-order valence-electron chi connectivity index (χ0n) is 12.3. The van der Waals surface area contributed by atoms with Crippen molar-refractivity contribution in [2.75, 3.05) is 4.72 Å². The molecule has 0 saturated carbocycles. The molecule has 1 aromatic carbocycles. The first-order valence-corrected chi connectivity index (χ1v) is 8.45. The molecule has 9 heteroatoms. The fourth-order valence-corrected chi connectivity index (χ4v) is 4.02. The maximum Gasteiger partial charge on any atom is 0.266 e. The molecule has 0 amide bonds. The number of oxazole rings is 1. The molecule has 3 aromatic rings. The van der Waals surface area contributed by atoms with Gasteiger partial charge in [0.2, 0.25) is 0 Å². The van der Waals surface area contributed by atoms with E-state index in [-0.39, 0.29) is 10.0 Å². The molecule has 0 unspecified atom stereocenters. The number of anilines is 1. The van der Waals surface area contributed by atoms with Crippen LogP contribution in [0, 0.1) is 6.92 Å². The summed E-state index contributed by atoms with van der Waals surface area (Å²) in [6, 6.07) is 6.79. The predicted octanol–water partition coefficient (Wildman–Crippen LogP) is 2.84. The second kappa shape index (κ2) is 5.71. The fourth-order valence-electron chi connectivity index (χ4n) is 2.22. The maximum absolute atomic E-state index is 12.6. The molecule has 23 heavy (non-hydrogen) atoms. The molecule has 0 aliphatic heterocycles. The van der Waals surface area contributed by atoms with Crippen LogP contribution in [0.15, 0.2) is 46.2 Å². The number of hydrogen-bond donors (Lipinski definition) is 1. The largest absolute Gasteiger partial charge is 0.444 e. The lowest BCUT2D eigenvalue weighted by atomic mass is 10.2. The standard InChI is InChI=1S/C14H13ClN4O3S/c1-9-13(14(15)19(2)17-9)23(20,21)18-11-5-3-4-10(6-11)12-7-16-8-22-12/h3-8,18H,1-2H3. The fraction of sp³-hybridized carbons (Fsp3) is 0.143. The Morgan fingerprint density at radius 2 is 2.13 bits per heavy atom. The van der Waals surface area contributed by atoms with Gasteiger partial charge in [-0.1, -0.05) is 23.7 Å². The quantitative estimate of drug-likeness (QED) is 0.779. The van der Waals surface area contributed by atoms with E-state index in [1.807, 2.05) is 0 Å². The van der Waals surface area contributed by atoms with Crippen LogP contribution in [0.4, 0.5) is 5.69 Å². The maximum atomic E-state index is 12.6. The number of rotatable bonds is 4. The molecular formula is C14H13ClN4O3S. The van der Waals surface area contributed by atoms with E-state index < -0.39 is 10.0 Å². The van der Waals surface area contributed by atoms with Crippen LogP contribution < -0.4 is 4.72 Å². The van der Waals surface area contributed by atoms with Crippen LogP contribution in [0.1, 0.15) is 5.69 Å². The number of halogens is 1. The molecule has 0 fully saturated rings. The topological polar surface area (TPSA) is 90.0 Å². The molecule has 3 rings (SSSR count). The third-order valence-electron chi connectivity index (χ3n) is 3.20. The normalized spacial score (nSPS) is 11.6. The Labute approximate surface area is 138 Å². The van der Waals surface area contributed by atoms with Crippen molar-refractivity contribution in [1.29, 1.82) is 0 Å². The smallest absolute Gasteiger partial charge is 0.266 e. The Morgan fingerprint density at radius 3 is 2.74 bits per heavy atom. The van der Waals surface area contributed by atoms with Crippen molar-refractivity contribution >= 4 is 27.3 Å². The zero-order valence-corrected chi connectivity index (χ0v) is 13.9. The van der Waals surface area contributed by atoms with Crippen LogP contribution in [0.3, 0.4) is 0 Å². The van der Waals surface area contributed by atoms with Crippen LogP contribution in [0.25, 0.3) is 11.3 Å². The Balaban J connectivity index is 1.97. The van der Waals surface area contributed by atoms with Crippen molar-refractivity contribution in [3.8, 4) is 11.3 Å². The van der Waals surface area contributed by atoms with E-state index in [1.54, 1.807) is 44.4 Å². The lowest BCUT2D eigenvalue weighted by molar-refractivity contribution is 0.572. The number of aromatic nitrogens is 3. The van der Waals surface area contributed by atoms with E-state index in [4.69, 9.17) is 16.0 Å². The van der Waals surface area contributed by atoms with Crippen molar-refractivity contribution in [2.45, 2.75) is 11.8 Å². The van der Waals surface area contributed by atoms with Gasteiger partial charge >= 0.3 is 0 Å². The molecule has 120 valence electrons. The van der Waals surface area contributed by atoms with Gasteiger partial charge in [0, 0.05) is 18.3 Å². The van der Waals surface area contributed by atoms with Crippen LogP contribution >= 0.6 is 11.6 Å². The lowest BCUT2D eigenvalue weighted by Gasteiger charge is -2.08. The number of benzene rings is 1. The highest BCUT2D eigenvalue weighted by Gasteiger charge is 2.25. The number of nitrogens with one attached hydrogen (secondary N) is 1. The summed E-state index contributed by atoms with van der Waals surface area (Å²) >= 11 is 6.04. The number of hydrogen-bond acceptors (Lipinski definition) is 5. The summed E-state index contributed by atoms with van der Waals surface area (Å²) in [5, 5.41) is 4.08. The summed E-state index contributed by atoms with van der Waals surface area (Å²) in [6.45, 7) is 1.59. The molecule has 7 nitrogen and oxygen atoms in total. The van der Waals surface area contributed by atoms with E-state index in [0.29, 0.717) is 22.7 Å². The second-order valence-electron chi connectivity index (χ2n) is 4.88. The third kappa shape index (κ3) is 2.95. The third-order valence-corrected chi connectivity index (χ3v) is 5.28. The number of nitrogens with zero attached hydrogens (tertiary/aromatic N) is 3. The van der Waals surface area contributed by atoms with Crippen LogP contribution in [0.2, 0.25) is 5.15 Å². The van der Waals surface area contributed by atoms with Crippen molar-refractivity contribution in [3.05, 3.63) is 47.7 Å².